The molecule has 0 bridgehead atoms. The summed E-state index contributed by atoms with van der Waals surface area (Å²) < 4.78 is 0. The zero-order valence-corrected chi connectivity index (χ0v) is 9.62. The van der Waals surface area contributed by atoms with Crippen molar-refractivity contribution in [2.45, 2.75) is 18.9 Å². The molecule has 1 saturated heterocycles. The van der Waals surface area contributed by atoms with Gasteiger partial charge in [-0.05, 0) is 24.6 Å². The molecule has 3 N–H and O–H groups in total. The zero-order valence-electron chi connectivity index (χ0n) is 9.62. The van der Waals surface area contributed by atoms with E-state index in [2.05, 4.69) is 16.0 Å². The van der Waals surface area contributed by atoms with E-state index in [1.807, 2.05) is 31.3 Å². The molecule has 1 heterocycles. The van der Waals surface area contributed by atoms with Crippen LogP contribution >= 0.6 is 0 Å². The highest BCUT2D eigenvalue weighted by atomic mass is 16.2. The van der Waals surface area contributed by atoms with E-state index >= 15 is 0 Å². The molecule has 0 aliphatic carbocycles. The van der Waals surface area contributed by atoms with E-state index in [1.54, 1.807) is 0 Å². The van der Waals surface area contributed by atoms with Gasteiger partial charge < -0.3 is 10.6 Å². The van der Waals surface area contributed by atoms with Crippen LogP contribution in [0.1, 0.15) is 12.8 Å². The highest BCUT2D eigenvalue weighted by Crippen LogP contribution is 2.17. The predicted molar refractivity (Wildman–Crippen MR) is 65.8 cm³/mol. The second-order valence-electron chi connectivity index (χ2n) is 3.98. The molecule has 17 heavy (non-hydrogen) atoms. The number of nitrogens with one attached hydrogen (secondary N) is 3. The van der Waals surface area contributed by atoms with E-state index < -0.39 is 0 Å². The van der Waals surface area contributed by atoms with E-state index in [9.17, 15) is 9.59 Å². The molecular weight excluding hydrogens is 218 g/mol. The number of hydrogen-bond donors (Lipinski definition) is 3. The lowest BCUT2D eigenvalue weighted by Crippen LogP contribution is -2.47. The monoisotopic (exact) mass is 233 g/mol. The van der Waals surface area contributed by atoms with Crippen molar-refractivity contribution < 1.29 is 9.59 Å². The lowest BCUT2D eigenvalue weighted by atomic mass is 10.1. The summed E-state index contributed by atoms with van der Waals surface area (Å²) >= 11 is 0. The first-order valence-corrected chi connectivity index (χ1v) is 5.57. The van der Waals surface area contributed by atoms with Gasteiger partial charge in [-0.1, -0.05) is 6.07 Å². The lowest BCUT2D eigenvalue weighted by Gasteiger charge is -2.23. The number of piperidine rings is 1. The first-order valence-electron chi connectivity index (χ1n) is 5.57. The Morgan fingerprint density at radius 3 is 2.76 bits per heavy atom. The number of imide groups is 1. The van der Waals surface area contributed by atoms with Gasteiger partial charge in [0.2, 0.25) is 11.8 Å². The number of carbonyl (C=O) groups excluding carboxylic acids is 2. The second kappa shape index (κ2) is 4.86. The van der Waals surface area contributed by atoms with Gasteiger partial charge in [0, 0.05) is 24.8 Å². The average molecular weight is 233 g/mol. The van der Waals surface area contributed by atoms with E-state index in [1.165, 1.54) is 0 Å². The van der Waals surface area contributed by atoms with Crippen molar-refractivity contribution in [3.8, 4) is 0 Å². The Hall–Kier alpha value is -2.04. The van der Waals surface area contributed by atoms with Crippen LogP contribution in [0.25, 0.3) is 0 Å². The fourth-order valence-corrected chi connectivity index (χ4v) is 1.80. The molecule has 0 radical (unpaired) electrons. The van der Waals surface area contributed by atoms with Crippen LogP contribution in [0.2, 0.25) is 0 Å². The van der Waals surface area contributed by atoms with Crippen LogP contribution in [-0.2, 0) is 9.59 Å². The van der Waals surface area contributed by atoms with Gasteiger partial charge in [0.15, 0.2) is 0 Å². The molecule has 1 aliphatic rings. The molecule has 5 heteroatoms. The second-order valence-corrected chi connectivity index (χ2v) is 3.98. The van der Waals surface area contributed by atoms with Gasteiger partial charge in [0.1, 0.15) is 6.04 Å². The van der Waals surface area contributed by atoms with E-state index in [0.29, 0.717) is 12.8 Å². The van der Waals surface area contributed by atoms with Crippen molar-refractivity contribution in [1.82, 2.24) is 5.32 Å². The Bertz CT molecular complexity index is 445. The topological polar surface area (TPSA) is 70.2 Å². The smallest absolute Gasteiger partial charge is 0.249 e. The van der Waals surface area contributed by atoms with Crippen LogP contribution < -0.4 is 16.0 Å². The molecule has 0 spiro atoms. The minimum Gasteiger partial charge on any atom is -0.388 e. The maximum Gasteiger partial charge on any atom is 0.249 e. The summed E-state index contributed by atoms with van der Waals surface area (Å²) in [5.41, 5.74) is 1.84. The van der Waals surface area contributed by atoms with Gasteiger partial charge >= 0.3 is 0 Å². The normalized spacial score (nSPS) is 19.7. The van der Waals surface area contributed by atoms with Crippen LogP contribution in [0.15, 0.2) is 24.3 Å². The third-order valence-corrected chi connectivity index (χ3v) is 2.73. The highest BCUT2D eigenvalue weighted by molar-refractivity contribution is 6.01. The lowest BCUT2D eigenvalue weighted by molar-refractivity contribution is -0.133. The molecule has 0 saturated carbocycles. The molecule has 1 aromatic carbocycles. The molecule has 2 amide bonds. The van der Waals surface area contributed by atoms with E-state index in [-0.39, 0.29) is 17.9 Å². The quantitative estimate of drug-likeness (QED) is 0.680. The van der Waals surface area contributed by atoms with Crippen molar-refractivity contribution in [3.63, 3.8) is 0 Å². The van der Waals surface area contributed by atoms with Crippen LogP contribution in [-0.4, -0.2) is 24.9 Å². The summed E-state index contributed by atoms with van der Waals surface area (Å²) in [6.45, 7) is 0. The minimum atomic E-state index is -0.334. The molecule has 90 valence electrons. The first kappa shape index (κ1) is 11.4. The fourth-order valence-electron chi connectivity index (χ4n) is 1.80. The van der Waals surface area contributed by atoms with Crippen molar-refractivity contribution in [2.24, 2.45) is 0 Å². The third-order valence-electron chi connectivity index (χ3n) is 2.73. The number of hydrogen-bond acceptors (Lipinski definition) is 4. The van der Waals surface area contributed by atoms with Gasteiger partial charge in [-0.15, -0.1) is 0 Å². The first-order chi connectivity index (χ1) is 8.19. The molecule has 1 fully saturated rings. The van der Waals surface area contributed by atoms with Gasteiger partial charge in [-0.2, -0.15) is 0 Å². The van der Waals surface area contributed by atoms with Crippen molar-refractivity contribution in [2.75, 3.05) is 17.7 Å². The largest absolute Gasteiger partial charge is 0.388 e. The van der Waals surface area contributed by atoms with Crippen LogP contribution in [0.3, 0.4) is 0 Å². The number of carbonyl (C=O) groups is 2. The van der Waals surface area contributed by atoms with Crippen molar-refractivity contribution >= 4 is 23.2 Å². The highest BCUT2D eigenvalue weighted by Gasteiger charge is 2.26. The van der Waals surface area contributed by atoms with E-state index in [0.717, 1.165) is 11.4 Å². The molecule has 1 aliphatic heterocycles. The number of benzene rings is 1. The van der Waals surface area contributed by atoms with Crippen LogP contribution in [0.4, 0.5) is 11.4 Å². The van der Waals surface area contributed by atoms with Crippen LogP contribution in [0, 0.1) is 0 Å². The average Bonchev–Trinajstić information content (AvgIpc) is 2.33. The van der Waals surface area contributed by atoms with Gasteiger partial charge in [-0.3, -0.25) is 14.9 Å². The molecule has 1 aromatic rings. The van der Waals surface area contributed by atoms with Crippen molar-refractivity contribution in [3.05, 3.63) is 24.3 Å². The SMILES string of the molecule is CNc1cccc(NC2CCC(=O)NC2=O)c1. The standard InChI is InChI=1S/C12H15N3O2/c1-13-8-3-2-4-9(7-8)14-10-5-6-11(16)15-12(10)17/h2-4,7,10,13-14H,5-6H2,1H3,(H,15,16,17). The summed E-state index contributed by atoms with van der Waals surface area (Å²) in [5.74, 6) is -0.451. The zero-order chi connectivity index (χ0) is 12.3. The maximum absolute atomic E-state index is 11.6. The number of amides is 2. The van der Waals surface area contributed by atoms with Crippen molar-refractivity contribution in [1.29, 1.82) is 0 Å². The fraction of sp³-hybridized carbons (Fsp3) is 0.333. The summed E-state index contributed by atoms with van der Waals surface area (Å²) in [6, 6.07) is 7.32. The molecule has 2 rings (SSSR count). The van der Waals surface area contributed by atoms with Gasteiger partial charge in [0.25, 0.3) is 0 Å². The third kappa shape index (κ3) is 2.75. The minimum absolute atomic E-state index is 0.197. The summed E-state index contributed by atoms with van der Waals surface area (Å²) in [7, 11) is 1.84. The Labute approximate surface area is 99.6 Å². The van der Waals surface area contributed by atoms with Gasteiger partial charge in [-0.25, -0.2) is 0 Å². The van der Waals surface area contributed by atoms with Gasteiger partial charge in [0.05, 0.1) is 0 Å². The molecule has 1 unspecified atom stereocenters. The summed E-state index contributed by atoms with van der Waals surface area (Å²) in [4.78, 5) is 22.6. The van der Waals surface area contributed by atoms with Crippen LogP contribution in [0.5, 0.6) is 0 Å². The molecule has 1 atom stereocenters. The Morgan fingerprint density at radius 1 is 1.29 bits per heavy atom. The molecule has 0 aromatic heterocycles. The Morgan fingerprint density at radius 2 is 2.06 bits per heavy atom. The Balaban J connectivity index is 2.05. The number of anilines is 2. The number of rotatable bonds is 3. The summed E-state index contributed by atoms with van der Waals surface area (Å²) in [6.07, 6.45) is 0.920. The Kier molecular flexibility index (Phi) is 3.27. The summed E-state index contributed by atoms with van der Waals surface area (Å²) in [5, 5.41) is 8.47. The molecule has 5 nitrogen and oxygen atoms in total. The maximum atomic E-state index is 11.6. The molecular formula is C12H15N3O2. The van der Waals surface area contributed by atoms with E-state index in [4.69, 9.17) is 0 Å². The predicted octanol–water partition coefficient (Wildman–Crippen LogP) is 0.945.